The smallest absolute Gasteiger partial charge is 0.273 e. The first-order chi connectivity index (χ1) is 16.2. The molecule has 166 valence electrons. The van der Waals surface area contributed by atoms with Gasteiger partial charge in [0.2, 0.25) is 0 Å². The molecular weight excluding hydrogens is 410 g/mol. The molecule has 1 aliphatic rings. The van der Waals surface area contributed by atoms with Crippen LogP contribution in [0.15, 0.2) is 78.9 Å². The molecule has 0 saturated carbocycles. The van der Waals surface area contributed by atoms with Crippen LogP contribution in [0.5, 0.6) is 5.75 Å². The van der Waals surface area contributed by atoms with Crippen LogP contribution in [0.1, 0.15) is 52.1 Å². The molecule has 5 nitrogen and oxygen atoms in total. The van der Waals surface area contributed by atoms with Crippen molar-refractivity contribution in [3.63, 3.8) is 0 Å². The highest BCUT2D eigenvalue weighted by atomic mass is 16.5. The van der Waals surface area contributed by atoms with E-state index < -0.39 is 0 Å². The predicted octanol–water partition coefficient (Wildman–Crippen LogP) is 5.92. The first kappa shape index (κ1) is 21.0. The van der Waals surface area contributed by atoms with Crippen LogP contribution in [0.4, 0.5) is 0 Å². The molecule has 0 fully saturated rings. The normalized spacial score (nSPS) is 15.0. The lowest BCUT2D eigenvalue weighted by atomic mass is 9.95. The van der Waals surface area contributed by atoms with Crippen molar-refractivity contribution in [3.8, 4) is 17.0 Å². The minimum Gasteiger partial charge on any atom is -0.494 e. The van der Waals surface area contributed by atoms with Gasteiger partial charge in [-0.1, -0.05) is 79.2 Å². The standard InChI is InChI=1S/C28H27N3O2/c1-3-16-33-23-11-7-10-22(17-23)27-24-25(21-8-5-4-6-9-21)29-30-26(24)28(32)31(27)18-20-14-12-19(2)13-15-20/h4-15,17,27H,3,16,18H2,1-2H3,(H,29,30). The van der Waals surface area contributed by atoms with Crippen molar-refractivity contribution in [3.05, 3.63) is 107 Å². The molecule has 0 aliphatic carbocycles. The highest BCUT2D eigenvalue weighted by molar-refractivity contribution is 6.00. The van der Waals surface area contributed by atoms with Crippen LogP contribution >= 0.6 is 0 Å². The fourth-order valence-electron chi connectivity index (χ4n) is 4.41. The van der Waals surface area contributed by atoms with Gasteiger partial charge in [-0.05, 0) is 36.6 Å². The molecule has 1 N–H and O–H groups in total. The Bertz CT molecular complexity index is 1260. The second-order valence-corrected chi connectivity index (χ2v) is 8.47. The molecule has 1 aromatic heterocycles. The zero-order chi connectivity index (χ0) is 22.8. The third-order valence-corrected chi connectivity index (χ3v) is 6.03. The maximum Gasteiger partial charge on any atom is 0.273 e. The molecule has 5 heteroatoms. The maximum absolute atomic E-state index is 13.6. The number of carbonyl (C=O) groups is 1. The maximum atomic E-state index is 13.6. The Labute approximate surface area is 194 Å². The summed E-state index contributed by atoms with van der Waals surface area (Å²) in [5.74, 6) is 0.778. The van der Waals surface area contributed by atoms with E-state index in [4.69, 9.17) is 4.74 Å². The summed E-state index contributed by atoms with van der Waals surface area (Å²) in [6.45, 7) is 5.33. The molecule has 1 unspecified atom stereocenters. The second-order valence-electron chi connectivity index (χ2n) is 8.47. The molecule has 3 aromatic carbocycles. The zero-order valence-electron chi connectivity index (χ0n) is 18.9. The number of carbonyl (C=O) groups excluding carboxylic acids is 1. The number of rotatable bonds is 7. The van der Waals surface area contributed by atoms with Gasteiger partial charge in [0.15, 0.2) is 0 Å². The largest absolute Gasteiger partial charge is 0.494 e. The van der Waals surface area contributed by atoms with Crippen LogP contribution < -0.4 is 4.74 Å². The summed E-state index contributed by atoms with van der Waals surface area (Å²) in [6.07, 6.45) is 0.940. The van der Waals surface area contributed by atoms with Gasteiger partial charge in [-0.15, -0.1) is 0 Å². The summed E-state index contributed by atoms with van der Waals surface area (Å²) in [5.41, 5.74) is 6.60. The van der Waals surface area contributed by atoms with E-state index in [1.165, 1.54) is 5.56 Å². The van der Waals surface area contributed by atoms with Crippen LogP contribution in [0.25, 0.3) is 11.3 Å². The number of benzene rings is 3. The van der Waals surface area contributed by atoms with Gasteiger partial charge in [0.25, 0.3) is 5.91 Å². The molecular formula is C28H27N3O2. The fourth-order valence-corrected chi connectivity index (χ4v) is 4.41. The number of aromatic nitrogens is 2. The number of aromatic amines is 1. The van der Waals surface area contributed by atoms with Gasteiger partial charge in [0.05, 0.1) is 18.3 Å². The Morgan fingerprint density at radius 2 is 1.79 bits per heavy atom. The number of H-pyrrole nitrogens is 1. The third kappa shape index (κ3) is 4.02. The summed E-state index contributed by atoms with van der Waals surface area (Å²) in [5, 5.41) is 7.59. The molecule has 0 radical (unpaired) electrons. The lowest BCUT2D eigenvalue weighted by molar-refractivity contribution is 0.0730. The van der Waals surface area contributed by atoms with Gasteiger partial charge in [0, 0.05) is 17.7 Å². The summed E-state index contributed by atoms with van der Waals surface area (Å²) in [4.78, 5) is 15.5. The summed E-state index contributed by atoms with van der Waals surface area (Å²) >= 11 is 0. The minimum atomic E-state index is -0.257. The third-order valence-electron chi connectivity index (χ3n) is 6.03. The van der Waals surface area contributed by atoms with E-state index >= 15 is 0 Å². The van der Waals surface area contributed by atoms with E-state index in [1.54, 1.807) is 0 Å². The van der Waals surface area contributed by atoms with Gasteiger partial charge in [0.1, 0.15) is 11.4 Å². The van der Waals surface area contributed by atoms with Gasteiger partial charge >= 0.3 is 0 Å². The first-order valence-electron chi connectivity index (χ1n) is 11.4. The van der Waals surface area contributed by atoms with Crippen molar-refractivity contribution in [1.82, 2.24) is 15.1 Å². The lowest BCUT2D eigenvalue weighted by Crippen LogP contribution is -2.29. The molecule has 33 heavy (non-hydrogen) atoms. The molecule has 0 bridgehead atoms. The quantitative estimate of drug-likeness (QED) is 0.390. The summed E-state index contributed by atoms with van der Waals surface area (Å²) in [7, 11) is 0. The molecule has 1 aliphatic heterocycles. The molecule has 0 saturated heterocycles. The molecule has 2 heterocycles. The Kier molecular flexibility index (Phi) is 5.69. The number of amides is 1. The van der Waals surface area contributed by atoms with Crippen molar-refractivity contribution in [2.24, 2.45) is 0 Å². The van der Waals surface area contributed by atoms with Crippen molar-refractivity contribution in [2.45, 2.75) is 32.9 Å². The molecule has 5 rings (SSSR count). The highest BCUT2D eigenvalue weighted by Gasteiger charge is 2.42. The predicted molar refractivity (Wildman–Crippen MR) is 129 cm³/mol. The number of fused-ring (bicyclic) bond motifs is 1. The Hall–Kier alpha value is -3.86. The monoisotopic (exact) mass is 437 g/mol. The van der Waals surface area contributed by atoms with Crippen molar-refractivity contribution < 1.29 is 9.53 Å². The van der Waals surface area contributed by atoms with Gasteiger partial charge in [-0.2, -0.15) is 5.10 Å². The van der Waals surface area contributed by atoms with Crippen molar-refractivity contribution in [2.75, 3.05) is 6.61 Å². The topological polar surface area (TPSA) is 58.2 Å². The number of hydrogen-bond acceptors (Lipinski definition) is 3. The van der Waals surface area contributed by atoms with Gasteiger partial charge in [-0.3, -0.25) is 9.89 Å². The van der Waals surface area contributed by atoms with E-state index in [2.05, 4.69) is 54.4 Å². The van der Waals surface area contributed by atoms with E-state index in [0.29, 0.717) is 18.8 Å². The Morgan fingerprint density at radius 3 is 2.55 bits per heavy atom. The molecule has 1 atom stereocenters. The number of hydrogen-bond donors (Lipinski definition) is 1. The van der Waals surface area contributed by atoms with Gasteiger partial charge < -0.3 is 9.64 Å². The Balaban J connectivity index is 1.61. The summed E-state index contributed by atoms with van der Waals surface area (Å²) < 4.78 is 5.91. The lowest BCUT2D eigenvalue weighted by Gasteiger charge is -2.27. The summed E-state index contributed by atoms with van der Waals surface area (Å²) in [6, 6.07) is 26.2. The van der Waals surface area contributed by atoms with Crippen LogP contribution in [-0.2, 0) is 6.54 Å². The van der Waals surface area contributed by atoms with E-state index in [1.807, 2.05) is 53.4 Å². The van der Waals surface area contributed by atoms with Crippen molar-refractivity contribution >= 4 is 5.91 Å². The first-order valence-corrected chi connectivity index (χ1v) is 11.4. The number of nitrogens with zero attached hydrogens (tertiary/aromatic N) is 2. The molecule has 1 amide bonds. The van der Waals surface area contributed by atoms with Crippen LogP contribution in [0.2, 0.25) is 0 Å². The van der Waals surface area contributed by atoms with Crippen LogP contribution in [0.3, 0.4) is 0 Å². The average Bonchev–Trinajstić information content (AvgIpc) is 3.39. The molecule has 0 spiro atoms. The number of nitrogens with one attached hydrogen (secondary N) is 1. The SMILES string of the molecule is CCCOc1cccc(C2c3c(-c4ccccc4)n[nH]c3C(=O)N2Cc2ccc(C)cc2)c1. The van der Waals surface area contributed by atoms with Gasteiger partial charge in [-0.25, -0.2) is 0 Å². The van der Waals surface area contributed by atoms with E-state index in [-0.39, 0.29) is 11.9 Å². The van der Waals surface area contributed by atoms with Crippen LogP contribution in [0, 0.1) is 6.92 Å². The Morgan fingerprint density at radius 1 is 1.00 bits per heavy atom. The number of aryl methyl sites for hydroxylation is 1. The zero-order valence-corrected chi connectivity index (χ0v) is 18.9. The fraction of sp³-hybridized carbons (Fsp3) is 0.214. The highest BCUT2D eigenvalue weighted by Crippen LogP contribution is 2.44. The van der Waals surface area contributed by atoms with Crippen LogP contribution in [-0.4, -0.2) is 27.6 Å². The average molecular weight is 438 g/mol. The van der Waals surface area contributed by atoms with E-state index in [9.17, 15) is 4.79 Å². The van der Waals surface area contributed by atoms with E-state index in [0.717, 1.165) is 40.1 Å². The second kappa shape index (κ2) is 8.94. The molecule has 4 aromatic rings. The number of ether oxygens (including phenoxy) is 1. The van der Waals surface area contributed by atoms with Crippen molar-refractivity contribution in [1.29, 1.82) is 0 Å². The minimum absolute atomic E-state index is 0.0369.